The maximum absolute atomic E-state index is 14.9. The van der Waals surface area contributed by atoms with Crippen LogP contribution in [0.2, 0.25) is 5.02 Å². The van der Waals surface area contributed by atoms with Gasteiger partial charge in [0.1, 0.15) is 23.2 Å². The molecule has 0 radical (unpaired) electrons. The largest absolute Gasteiger partial charge is 0.467 e. The summed E-state index contributed by atoms with van der Waals surface area (Å²) >= 11 is 6.44. The lowest BCUT2D eigenvalue weighted by molar-refractivity contribution is -0.142. The Morgan fingerprint density at radius 1 is 1.14 bits per heavy atom. The zero-order chi connectivity index (χ0) is 30.9. The first kappa shape index (κ1) is 29.8. The van der Waals surface area contributed by atoms with Crippen molar-refractivity contribution in [2.24, 2.45) is 0 Å². The van der Waals surface area contributed by atoms with Crippen LogP contribution in [0.25, 0.3) is 22.0 Å². The van der Waals surface area contributed by atoms with E-state index in [4.69, 9.17) is 21.6 Å². The predicted octanol–water partition coefficient (Wildman–Crippen LogP) is 6.43. The fourth-order valence-corrected chi connectivity index (χ4v) is 5.26. The van der Waals surface area contributed by atoms with Crippen molar-refractivity contribution in [2.75, 3.05) is 12.4 Å². The van der Waals surface area contributed by atoms with Gasteiger partial charge in [-0.1, -0.05) is 35.9 Å². The molecule has 1 saturated carbocycles. The van der Waals surface area contributed by atoms with Crippen LogP contribution in [0, 0.1) is 23.0 Å². The van der Waals surface area contributed by atoms with Crippen LogP contribution >= 0.6 is 11.6 Å². The first-order valence-electron chi connectivity index (χ1n) is 13.1. The second-order valence-corrected chi connectivity index (χ2v) is 10.5. The number of aromatic nitrogens is 1. The summed E-state index contributed by atoms with van der Waals surface area (Å²) in [5.41, 5.74) is 1.55. The van der Waals surface area contributed by atoms with Crippen molar-refractivity contribution in [2.45, 2.75) is 37.3 Å². The van der Waals surface area contributed by atoms with Gasteiger partial charge in [0.25, 0.3) is 11.8 Å². The average molecular weight is 611 g/mol. The topological polar surface area (TPSA) is 104 Å². The van der Waals surface area contributed by atoms with E-state index in [0.29, 0.717) is 38.2 Å². The summed E-state index contributed by atoms with van der Waals surface area (Å²) in [5.74, 6) is -7.66. The summed E-state index contributed by atoms with van der Waals surface area (Å²) in [4.78, 5) is 30.2. The molecule has 0 bridgehead atoms. The number of halogens is 5. The first-order valence-corrected chi connectivity index (χ1v) is 13.5. The number of nitrogens with one attached hydrogen (secondary N) is 2. The van der Waals surface area contributed by atoms with Crippen molar-refractivity contribution in [1.29, 1.82) is 5.26 Å². The summed E-state index contributed by atoms with van der Waals surface area (Å²) in [7, 11) is 1.11. The molecular weight excluding hydrogens is 588 g/mol. The molecule has 3 aromatic carbocycles. The zero-order valence-electron chi connectivity index (χ0n) is 22.6. The van der Waals surface area contributed by atoms with Gasteiger partial charge in [-0.2, -0.15) is 5.26 Å². The number of hydrogen-bond acceptors (Lipinski definition) is 6. The lowest BCUT2D eigenvalue weighted by atomic mass is 9.87. The Bertz CT molecular complexity index is 1770. The van der Waals surface area contributed by atoms with Crippen molar-refractivity contribution in [3.05, 3.63) is 94.1 Å². The fraction of sp³-hybridized carbons (Fsp3) is 0.226. The molecule has 0 spiro atoms. The minimum absolute atomic E-state index is 0.123. The number of anilines is 1. The second-order valence-electron chi connectivity index (χ2n) is 10.0. The molecular formula is C31H23ClF4N4O3. The summed E-state index contributed by atoms with van der Waals surface area (Å²) in [6, 6.07) is 12.6. The highest BCUT2D eigenvalue weighted by atomic mass is 35.5. The number of hydrogen-bond donors (Lipinski definition) is 2. The van der Waals surface area contributed by atoms with Gasteiger partial charge in [0.2, 0.25) is 0 Å². The van der Waals surface area contributed by atoms with Crippen LogP contribution in [-0.2, 0) is 16.0 Å². The van der Waals surface area contributed by atoms with Crippen molar-refractivity contribution < 1.29 is 31.9 Å². The molecule has 1 aliphatic carbocycles. The molecule has 1 aromatic heterocycles. The Balaban J connectivity index is 1.42. The zero-order valence-corrected chi connectivity index (χ0v) is 23.3. The highest BCUT2D eigenvalue weighted by Crippen LogP contribution is 2.40. The molecule has 0 unspecified atom stereocenters. The molecule has 2 atom stereocenters. The maximum Gasteiger partial charge on any atom is 0.328 e. The number of carbonyl (C=O) groups is 2. The molecule has 43 heavy (non-hydrogen) atoms. The van der Waals surface area contributed by atoms with Crippen LogP contribution in [0.1, 0.15) is 34.3 Å². The predicted molar refractivity (Wildman–Crippen MR) is 152 cm³/mol. The molecule has 1 fully saturated rings. The minimum Gasteiger partial charge on any atom is -0.467 e. The molecule has 4 aromatic rings. The molecule has 1 heterocycles. The van der Waals surface area contributed by atoms with Crippen molar-refractivity contribution in [3.8, 4) is 17.2 Å². The number of esters is 1. The number of methoxy groups -OCH3 is 1. The van der Waals surface area contributed by atoms with Gasteiger partial charge in [-0.15, -0.1) is 0 Å². The maximum atomic E-state index is 14.9. The number of alkyl halides is 2. The SMILES string of the molecule is COC(=O)[C@H](Cc1ccc(-c2ccc(C#N)cc2Cl)c2ncccc12)NC(=O)c1c(F)cc(N[C@H]2CCC2(F)F)cc1F. The molecule has 7 nitrogen and oxygen atoms in total. The summed E-state index contributed by atoms with van der Waals surface area (Å²) < 4.78 is 61.8. The third-order valence-electron chi connectivity index (χ3n) is 7.35. The standard InChI is InChI=1S/C31H23ClF4N4O3/c1-43-30(42)25(40-29(41)27-23(33)13-18(14-24(27)34)39-26-8-9-31(26,35)36)12-17-5-7-21(28-19(17)3-2-10-38-28)20-6-4-16(15-37)11-22(20)32/h2-7,10-11,13-14,25-26,39H,8-9,12H2,1H3,(H,40,41)/t25-,26-/m0/s1. The Labute approximate surface area is 248 Å². The van der Waals surface area contributed by atoms with Gasteiger partial charge < -0.3 is 15.4 Å². The number of nitriles is 1. The summed E-state index contributed by atoms with van der Waals surface area (Å²) in [6.45, 7) is 0. The smallest absolute Gasteiger partial charge is 0.328 e. The highest BCUT2D eigenvalue weighted by molar-refractivity contribution is 6.33. The fourth-order valence-electron chi connectivity index (χ4n) is 4.98. The first-order chi connectivity index (χ1) is 20.5. The third-order valence-corrected chi connectivity index (χ3v) is 7.66. The van der Waals surface area contributed by atoms with E-state index in [0.717, 1.165) is 19.2 Å². The van der Waals surface area contributed by atoms with E-state index < -0.39 is 47.1 Å². The molecule has 220 valence electrons. The number of fused-ring (bicyclic) bond motifs is 1. The summed E-state index contributed by atoms with van der Waals surface area (Å²) in [5, 5.41) is 14.8. The molecule has 5 rings (SSSR count). The molecule has 1 aliphatic rings. The van der Waals surface area contributed by atoms with E-state index in [-0.39, 0.29) is 24.9 Å². The van der Waals surface area contributed by atoms with Gasteiger partial charge in [-0.05, 0) is 42.3 Å². The van der Waals surface area contributed by atoms with Gasteiger partial charge in [0.15, 0.2) is 0 Å². The Hall–Kier alpha value is -4.69. The van der Waals surface area contributed by atoms with Crippen molar-refractivity contribution in [1.82, 2.24) is 10.3 Å². The number of rotatable bonds is 8. The van der Waals surface area contributed by atoms with E-state index >= 15 is 0 Å². The Kier molecular flexibility index (Phi) is 8.24. The van der Waals surface area contributed by atoms with Gasteiger partial charge in [0, 0.05) is 46.3 Å². The number of nitrogens with zero attached hydrogens (tertiary/aromatic N) is 2. The van der Waals surface area contributed by atoms with Crippen LogP contribution in [0.3, 0.4) is 0 Å². The number of amides is 1. The van der Waals surface area contributed by atoms with Gasteiger partial charge in [-0.25, -0.2) is 22.4 Å². The number of carbonyl (C=O) groups excluding carboxylic acids is 2. The van der Waals surface area contributed by atoms with Gasteiger partial charge >= 0.3 is 5.97 Å². The van der Waals surface area contributed by atoms with Crippen molar-refractivity contribution in [3.63, 3.8) is 0 Å². The number of ether oxygens (including phenoxy) is 1. The molecule has 0 saturated heterocycles. The minimum atomic E-state index is -3.00. The van der Waals surface area contributed by atoms with Crippen LogP contribution in [0.4, 0.5) is 23.2 Å². The van der Waals surface area contributed by atoms with E-state index in [1.54, 1.807) is 42.6 Å². The Morgan fingerprint density at radius 3 is 2.47 bits per heavy atom. The van der Waals surface area contributed by atoms with Crippen LogP contribution in [0.5, 0.6) is 0 Å². The monoisotopic (exact) mass is 610 g/mol. The van der Waals surface area contributed by atoms with E-state index in [2.05, 4.69) is 15.6 Å². The highest BCUT2D eigenvalue weighted by Gasteiger charge is 2.48. The summed E-state index contributed by atoms with van der Waals surface area (Å²) in [6.07, 6.45) is 1.25. The molecule has 12 heteroatoms. The average Bonchev–Trinajstić information content (AvgIpc) is 2.98. The quantitative estimate of drug-likeness (QED) is 0.176. The lowest BCUT2D eigenvalue weighted by Crippen LogP contribution is -2.49. The number of benzene rings is 3. The van der Waals surface area contributed by atoms with Crippen LogP contribution in [0.15, 0.2) is 60.8 Å². The third kappa shape index (κ3) is 5.96. The van der Waals surface area contributed by atoms with Gasteiger partial charge in [0.05, 0.1) is 30.3 Å². The number of pyridine rings is 1. The van der Waals surface area contributed by atoms with E-state index in [9.17, 15) is 27.2 Å². The van der Waals surface area contributed by atoms with Crippen LogP contribution in [-0.4, -0.2) is 42.0 Å². The Morgan fingerprint density at radius 2 is 1.86 bits per heavy atom. The van der Waals surface area contributed by atoms with Crippen molar-refractivity contribution >= 4 is 40.1 Å². The normalized spacial score (nSPS) is 16.1. The lowest BCUT2D eigenvalue weighted by Gasteiger charge is -2.37. The van der Waals surface area contributed by atoms with E-state index in [1.165, 1.54) is 6.07 Å². The second kappa shape index (κ2) is 11.9. The molecule has 2 N–H and O–H groups in total. The molecule has 0 aliphatic heterocycles. The molecule has 1 amide bonds. The van der Waals surface area contributed by atoms with Gasteiger partial charge in [-0.3, -0.25) is 9.78 Å². The van der Waals surface area contributed by atoms with Crippen LogP contribution < -0.4 is 10.6 Å². The van der Waals surface area contributed by atoms with E-state index in [1.807, 2.05) is 6.07 Å².